The fourth-order valence-corrected chi connectivity index (χ4v) is 2.57. The van der Waals surface area contributed by atoms with E-state index >= 15 is 0 Å². The molecule has 1 aromatic carbocycles. The van der Waals surface area contributed by atoms with Crippen molar-refractivity contribution in [1.29, 1.82) is 0 Å². The first-order chi connectivity index (χ1) is 7.81. The Hall–Kier alpha value is -1.02. The fraction of sp³-hybridized carbons (Fsp3) is 0.571. The van der Waals surface area contributed by atoms with Gasteiger partial charge in [-0.25, -0.2) is 0 Å². The van der Waals surface area contributed by atoms with Gasteiger partial charge in [-0.3, -0.25) is 0 Å². The maximum Gasteiger partial charge on any atom is 0.0396 e. The molecule has 1 atom stereocenters. The van der Waals surface area contributed by atoms with Crippen LogP contribution >= 0.6 is 0 Å². The minimum absolute atomic E-state index is 0.665. The van der Waals surface area contributed by atoms with E-state index in [0.29, 0.717) is 6.04 Å². The predicted molar refractivity (Wildman–Crippen MR) is 70.1 cm³/mol. The van der Waals surface area contributed by atoms with Crippen molar-refractivity contribution in [2.45, 2.75) is 32.7 Å². The van der Waals surface area contributed by atoms with Crippen LogP contribution in [0.25, 0.3) is 0 Å². The molecule has 1 fully saturated rings. The van der Waals surface area contributed by atoms with E-state index in [0.717, 1.165) is 13.1 Å². The standard InChI is InChI=1S/C14H22N2/c1-3-15-13-8-6-10-16(11-13)14-9-5-4-7-12(14)2/h4-5,7,9,13,15H,3,6,8,10-11H2,1-2H3. The van der Waals surface area contributed by atoms with E-state index < -0.39 is 0 Å². The van der Waals surface area contributed by atoms with E-state index in [1.54, 1.807) is 0 Å². The monoisotopic (exact) mass is 218 g/mol. The van der Waals surface area contributed by atoms with Crippen LogP contribution in [0.4, 0.5) is 5.69 Å². The zero-order valence-corrected chi connectivity index (χ0v) is 10.4. The van der Waals surface area contributed by atoms with Gasteiger partial charge in [-0.15, -0.1) is 0 Å². The molecule has 0 bridgehead atoms. The minimum atomic E-state index is 0.665. The normalized spacial score (nSPS) is 21.1. The second kappa shape index (κ2) is 5.35. The molecule has 88 valence electrons. The van der Waals surface area contributed by atoms with E-state index in [4.69, 9.17) is 0 Å². The highest BCUT2D eigenvalue weighted by Crippen LogP contribution is 2.23. The second-order valence-corrected chi connectivity index (χ2v) is 4.63. The number of hydrogen-bond donors (Lipinski definition) is 1. The lowest BCUT2D eigenvalue weighted by molar-refractivity contribution is 0.431. The first-order valence-electron chi connectivity index (χ1n) is 6.35. The molecule has 0 radical (unpaired) electrons. The molecule has 1 unspecified atom stereocenters. The number of nitrogens with one attached hydrogen (secondary N) is 1. The minimum Gasteiger partial charge on any atom is -0.370 e. The summed E-state index contributed by atoms with van der Waals surface area (Å²) in [6.07, 6.45) is 2.61. The molecule has 2 heteroatoms. The lowest BCUT2D eigenvalue weighted by Gasteiger charge is -2.35. The van der Waals surface area contributed by atoms with Crippen LogP contribution in [-0.2, 0) is 0 Å². The van der Waals surface area contributed by atoms with Crippen LogP contribution in [0.3, 0.4) is 0 Å². The molecule has 16 heavy (non-hydrogen) atoms. The quantitative estimate of drug-likeness (QED) is 0.839. The average Bonchev–Trinajstić information content (AvgIpc) is 2.30. The van der Waals surface area contributed by atoms with Gasteiger partial charge in [0.1, 0.15) is 0 Å². The van der Waals surface area contributed by atoms with E-state index in [9.17, 15) is 0 Å². The van der Waals surface area contributed by atoms with Crippen molar-refractivity contribution in [3.63, 3.8) is 0 Å². The smallest absolute Gasteiger partial charge is 0.0396 e. The van der Waals surface area contributed by atoms with Crippen molar-refractivity contribution in [3.05, 3.63) is 29.8 Å². The van der Waals surface area contributed by atoms with Gasteiger partial charge in [0.2, 0.25) is 0 Å². The highest BCUT2D eigenvalue weighted by Gasteiger charge is 2.19. The average molecular weight is 218 g/mol. The van der Waals surface area contributed by atoms with Gasteiger partial charge in [0.25, 0.3) is 0 Å². The van der Waals surface area contributed by atoms with E-state index in [1.165, 1.54) is 30.6 Å². The van der Waals surface area contributed by atoms with Crippen LogP contribution in [0.15, 0.2) is 24.3 Å². The molecule has 0 aromatic heterocycles. The summed E-state index contributed by atoms with van der Waals surface area (Å²) >= 11 is 0. The molecule has 1 heterocycles. The van der Waals surface area contributed by atoms with Gasteiger partial charge in [-0.05, 0) is 37.9 Å². The molecule has 2 rings (SSSR count). The number of hydrogen-bond acceptors (Lipinski definition) is 2. The van der Waals surface area contributed by atoms with Crippen molar-refractivity contribution in [2.24, 2.45) is 0 Å². The molecular formula is C14H22N2. The summed E-state index contributed by atoms with van der Waals surface area (Å²) < 4.78 is 0. The highest BCUT2D eigenvalue weighted by molar-refractivity contribution is 5.53. The third kappa shape index (κ3) is 2.56. The Morgan fingerprint density at radius 2 is 2.19 bits per heavy atom. The van der Waals surface area contributed by atoms with Crippen LogP contribution in [0, 0.1) is 6.92 Å². The van der Waals surface area contributed by atoms with Gasteiger partial charge < -0.3 is 10.2 Å². The molecule has 1 N–H and O–H groups in total. The molecule has 0 aliphatic carbocycles. The van der Waals surface area contributed by atoms with Crippen molar-refractivity contribution < 1.29 is 0 Å². The maximum atomic E-state index is 3.56. The first kappa shape index (κ1) is 11.5. The fourth-order valence-electron chi connectivity index (χ4n) is 2.57. The first-order valence-corrected chi connectivity index (χ1v) is 6.35. The van der Waals surface area contributed by atoms with Gasteiger partial charge in [-0.1, -0.05) is 25.1 Å². The molecule has 1 saturated heterocycles. The summed E-state index contributed by atoms with van der Waals surface area (Å²) in [5, 5.41) is 3.56. The molecule has 0 spiro atoms. The summed E-state index contributed by atoms with van der Waals surface area (Å²) in [6, 6.07) is 9.36. The molecule has 1 aliphatic rings. The third-order valence-electron chi connectivity index (χ3n) is 3.37. The lowest BCUT2D eigenvalue weighted by Crippen LogP contribution is -2.45. The van der Waals surface area contributed by atoms with Crippen molar-refractivity contribution in [3.8, 4) is 0 Å². The number of benzene rings is 1. The number of anilines is 1. The van der Waals surface area contributed by atoms with Crippen molar-refractivity contribution in [1.82, 2.24) is 5.32 Å². The van der Waals surface area contributed by atoms with Crippen LogP contribution in [0.1, 0.15) is 25.3 Å². The van der Waals surface area contributed by atoms with Gasteiger partial charge in [-0.2, -0.15) is 0 Å². The predicted octanol–water partition coefficient (Wildman–Crippen LogP) is 2.57. The Balaban J connectivity index is 2.07. The van der Waals surface area contributed by atoms with Crippen molar-refractivity contribution in [2.75, 3.05) is 24.5 Å². The number of likely N-dealkylation sites (N-methyl/N-ethyl adjacent to an activating group) is 1. The number of rotatable bonds is 3. The Bertz CT molecular complexity index is 333. The number of piperidine rings is 1. The van der Waals surface area contributed by atoms with Gasteiger partial charge in [0.15, 0.2) is 0 Å². The van der Waals surface area contributed by atoms with E-state index in [-0.39, 0.29) is 0 Å². The van der Waals surface area contributed by atoms with Crippen LogP contribution < -0.4 is 10.2 Å². The molecule has 0 saturated carbocycles. The SMILES string of the molecule is CCNC1CCCN(c2ccccc2C)C1. The number of nitrogens with zero attached hydrogens (tertiary/aromatic N) is 1. The van der Waals surface area contributed by atoms with Crippen LogP contribution in [0.5, 0.6) is 0 Å². The summed E-state index contributed by atoms with van der Waals surface area (Å²) in [6.45, 7) is 7.82. The molecule has 0 amide bonds. The van der Waals surface area contributed by atoms with Gasteiger partial charge in [0.05, 0.1) is 0 Å². The maximum absolute atomic E-state index is 3.56. The zero-order valence-electron chi connectivity index (χ0n) is 10.4. The largest absolute Gasteiger partial charge is 0.370 e. The molecular weight excluding hydrogens is 196 g/mol. The molecule has 1 aliphatic heterocycles. The van der Waals surface area contributed by atoms with Crippen molar-refractivity contribution >= 4 is 5.69 Å². The summed E-state index contributed by atoms with van der Waals surface area (Å²) in [5.74, 6) is 0. The number of aryl methyl sites for hydroxylation is 1. The summed E-state index contributed by atoms with van der Waals surface area (Å²) in [4.78, 5) is 2.52. The van der Waals surface area contributed by atoms with Gasteiger partial charge >= 0.3 is 0 Å². The van der Waals surface area contributed by atoms with E-state index in [1.807, 2.05) is 0 Å². The summed E-state index contributed by atoms with van der Waals surface area (Å²) in [7, 11) is 0. The Labute approximate surface area is 98.7 Å². The van der Waals surface area contributed by atoms with Crippen LogP contribution in [-0.4, -0.2) is 25.7 Å². The molecule has 2 nitrogen and oxygen atoms in total. The highest BCUT2D eigenvalue weighted by atomic mass is 15.2. The third-order valence-corrected chi connectivity index (χ3v) is 3.37. The van der Waals surface area contributed by atoms with Gasteiger partial charge in [0, 0.05) is 24.8 Å². The Kier molecular flexibility index (Phi) is 3.83. The molecule has 1 aromatic rings. The Morgan fingerprint density at radius 3 is 2.94 bits per heavy atom. The Morgan fingerprint density at radius 1 is 1.38 bits per heavy atom. The second-order valence-electron chi connectivity index (χ2n) is 4.63. The zero-order chi connectivity index (χ0) is 11.4. The van der Waals surface area contributed by atoms with Crippen LogP contribution in [0.2, 0.25) is 0 Å². The van der Waals surface area contributed by atoms with E-state index in [2.05, 4.69) is 48.3 Å². The summed E-state index contributed by atoms with van der Waals surface area (Å²) in [5.41, 5.74) is 2.80. The number of para-hydroxylation sites is 1. The topological polar surface area (TPSA) is 15.3 Å². The lowest BCUT2D eigenvalue weighted by atomic mass is 10.0.